The van der Waals surface area contributed by atoms with E-state index >= 15 is 0 Å². The zero-order valence-corrected chi connectivity index (χ0v) is 13.9. The van der Waals surface area contributed by atoms with Crippen molar-refractivity contribution in [1.82, 2.24) is 24.6 Å². The largest absolute Gasteiger partial charge is 0.354 e. The standard InChI is InChI=1S/C17H24N6/c1-13-9-23(17-7-16(15-3-4-15)18-12-19-17)6-5-22(13)11-14-8-20-21(2)10-14/h7-8,10,12-13,15H,3-6,9,11H2,1-2H3. The highest BCUT2D eigenvalue weighted by Gasteiger charge is 2.28. The van der Waals surface area contributed by atoms with E-state index in [2.05, 4.69) is 44.1 Å². The molecule has 1 atom stereocenters. The minimum absolute atomic E-state index is 0.503. The molecule has 0 bridgehead atoms. The first-order valence-electron chi connectivity index (χ1n) is 8.47. The second-order valence-corrected chi connectivity index (χ2v) is 6.86. The van der Waals surface area contributed by atoms with E-state index in [0.29, 0.717) is 12.0 Å². The van der Waals surface area contributed by atoms with Gasteiger partial charge >= 0.3 is 0 Å². The first-order chi connectivity index (χ1) is 11.2. The van der Waals surface area contributed by atoms with Crippen LogP contribution in [0.4, 0.5) is 5.82 Å². The lowest BCUT2D eigenvalue weighted by Gasteiger charge is -2.40. The quantitative estimate of drug-likeness (QED) is 0.861. The summed E-state index contributed by atoms with van der Waals surface area (Å²) in [5.74, 6) is 1.77. The van der Waals surface area contributed by atoms with Gasteiger partial charge in [0.05, 0.1) is 6.20 Å². The summed E-state index contributed by atoms with van der Waals surface area (Å²) < 4.78 is 1.87. The Bertz CT molecular complexity index is 677. The van der Waals surface area contributed by atoms with Crippen molar-refractivity contribution < 1.29 is 0 Å². The van der Waals surface area contributed by atoms with Crippen molar-refractivity contribution in [3.63, 3.8) is 0 Å². The van der Waals surface area contributed by atoms with Crippen LogP contribution in [0.5, 0.6) is 0 Å². The molecule has 2 aliphatic rings. The van der Waals surface area contributed by atoms with Crippen LogP contribution in [-0.4, -0.2) is 50.3 Å². The molecule has 1 unspecified atom stereocenters. The minimum atomic E-state index is 0.503. The Morgan fingerprint density at radius 1 is 1.22 bits per heavy atom. The van der Waals surface area contributed by atoms with Crippen LogP contribution in [0.25, 0.3) is 0 Å². The molecule has 0 radical (unpaired) electrons. The fourth-order valence-electron chi connectivity index (χ4n) is 3.36. The van der Waals surface area contributed by atoms with Crippen LogP contribution in [-0.2, 0) is 13.6 Å². The summed E-state index contributed by atoms with van der Waals surface area (Å²) in [5, 5.41) is 4.26. The van der Waals surface area contributed by atoms with Crippen LogP contribution in [0.15, 0.2) is 24.8 Å². The molecule has 6 heteroatoms. The minimum Gasteiger partial charge on any atom is -0.354 e. The number of anilines is 1. The summed E-state index contributed by atoms with van der Waals surface area (Å²) in [6, 6.07) is 2.70. The third-order valence-electron chi connectivity index (χ3n) is 4.90. The van der Waals surface area contributed by atoms with Gasteiger partial charge in [-0.25, -0.2) is 9.97 Å². The van der Waals surface area contributed by atoms with E-state index < -0.39 is 0 Å². The highest BCUT2D eigenvalue weighted by molar-refractivity contribution is 5.41. The van der Waals surface area contributed by atoms with Gasteiger partial charge in [0.25, 0.3) is 0 Å². The maximum absolute atomic E-state index is 4.50. The fraction of sp³-hybridized carbons (Fsp3) is 0.588. The van der Waals surface area contributed by atoms with Crippen molar-refractivity contribution in [3.05, 3.63) is 36.0 Å². The average molecular weight is 312 g/mol. The van der Waals surface area contributed by atoms with E-state index in [0.717, 1.165) is 32.0 Å². The molecule has 0 spiro atoms. The summed E-state index contributed by atoms with van der Waals surface area (Å²) in [7, 11) is 1.97. The van der Waals surface area contributed by atoms with Gasteiger partial charge in [-0.3, -0.25) is 9.58 Å². The van der Waals surface area contributed by atoms with Gasteiger partial charge in [-0.15, -0.1) is 0 Å². The van der Waals surface area contributed by atoms with Crippen molar-refractivity contribution in [2.24, 2.45) is 7.05 Å². The molecule has 6 nitrogen and oxygen atoms in total. The molecule has 0 N–H and O–H groups in total. The average Bonchev–Trinajstić information content (AvgIpc) is 3.33. The van der Waals surface area contributed by atoms with Crippen molar-refractivity contribution in [1.29, 1.82) is 0 Å². The van der Waals surface area contributed by atoms with Gasteiger partial charge in [0, 0.05) is 68.7 Å². The molecule has 2 aromatic heterocycles. The molecule has 2 aromatic rings. The second-order valence-electron chi connectivity index (χ2n) is 6.86. The first kappa shape index (κ1) is 14.6. The Kier molecular flexibility index (Phi) is 3.77. The molecule has 1 saturated carbocycles. The van der Waals surface area contributed by atoms with Gasteiger partial charge in [0.15, 0.2) is 0 Å². The normalized spacial score (nSPS) is 22.5. The van der Waals surface area contributed by atoms with E-state index in [1.807, 2.05) is 17.9 Å². The Hall–Kier alpha value is -1.95. The van der Waals surface area contributed by atoms with Crippen LogP contribution in [0.2, 0.25) is 0 Å². The van der Waals surface area contributed by atoms with Crippen LogP contribution in [0.3, 0.4) is 0 Å². The van der Waals surface area contributed by atoms with Crippen molar-refractivity contribution >= 4 is 5.82 Å². The van der Waals surface area contributed by atoms with Crippen molar-refractivity contribution in [3.8, 4) is 0 Å². The zero-order valence-electron chi connectivity index (χ0n) is 13.9. The highest BCUT2D eigenvalue weighted by Crippen LogP contribution is 2.39. The van der Waals surface area contributed by atoms with E-state index in [1.165, 1.54) is 24.1 Å². The van der Waals surface area contributed by atoms with Gasteiger partial charge < -0.3 is 4.90 Å². The smallest absolute Gasteiger partial charge is 0.132 e. The summed E-state index contributed by atoms with van der Waals surface area (Å²) in [5.41, 5.74) is 2.51. The lowest BCUT2D eigenvalue weighted by molar-refractivity contribution is 0.180. The number of aryl methyl sites for hydroxylation is 1. The SMILES string of the molecule is CC1CN(c2cc(C3CC3)ncn2)CCN1Cc1cnn(C)c1. The number of rotatable bonds is 4. The van der Waals surface area contributed by atoms with Gasteiger partial charge in [-0.2, -0.15) is 5.10 Å². The lowest BCUT2D eigenvalue weighted by atomic mass is 10.1. The van der Waals surface area contributed by atoms with E-state index in [1.54, 1.807) is 6.33 Å². The molecule has 4 rings (SSSR count). The van der Waals surface area contributed by atoms with Crippen molar-refractivity contribution in [2.75, 3.05) is 24.5 Å². The molecule has 0 aromatic carbocycles. The Labute approximate surface area is 137 Å². The lowest BCUT2D eigenvalue weighted by Crippen LogP contribution is -2.51. The number of hydrogen-bond donors (Lipinski definition) is 0. The first-order valence-corrected chi connectivity index (χ1v) is 8.47. The molecular formula is C17H24N6. The molecular weight excluding hydrogens is 288 g/mol. The molecule has 0 amide bonds. The monoisotopic (exact) mass is 312 g/mol. The van der Waals surface area contributed by atoms with E-state index in [4.69, 9.17) is 0 Å². The van der Waals surface area contributed by atoms with E-state index in [9.17, 15) is 0 Å². The molecule has 3 heterocycles. The third-order valence-corrected chi connectivity index (χ3v) is 4.90. The summed E-state index contributed by atoms with van der Waals surface area (Å²) in [4.78, 5) is 13.9. The van der Waals surface area contributed by atoms with Gasteiger partial charge in [0.1, 0.15) is 12.1 Å². The number of aromatic nitrogens is 4. The van der Waals surface area contributed by atoms with Gasteiger partial charge in [0.2, 0.25) is 0 Å². The molecule has 2 fully saturated rings. The van der Waals surface area contributed by atoms with E-state index in [-0.39, 0.29) is 0 Å². The number of piperazine rings is 1. The van der Waals surface area contributed by atoms with Gasteiger partial charge in [-0.1, -0.05) is 0 Å². The van der Waals surface area contributed by atoms with Gasteiger partial charge in [-0.05, 0) is 19.8 Å². The fourth-order valence-corrected chi connectivity index (χ4v) is 3.36. The number of nitrogens with zero attached hydrogens (tertiary/aromatic N) is 6. The van der Waals surface area contributed by atoms with Crippen LogP contribution >= 0.6 is 0 Å². The Morgan fingerprint density at radius 2 is 2.09 bits per heavy atom. The zero-order chi connectivity index (χ0) is 15.8. The van der Waals surface area contributed by atoms with Crippen LogP contribution < -0.4 is 4.90 Å². The summed E-state index contributed by atoms with van der Waals surface area (Å²) >= 11 is 0. The summed E-state index contributed by atoms with van der Waals surface area (Å²) in [6.07, 6.45) is 8.37. The molecule has 1 aliphatic carbocycles. The molecule has 1 saturated heterocycles. The maximum Gasteiger partial charge on any atom is 0.132 e. The maximum atomic E-state index is 4.50. The summed E-state index contributed by atoms with van der Waals surface area (Å²) in [6.45, 7) is 6.36. The molecule has 1 aliphatic heterocycles. The predicted octanol–water partition coefficient (Wildman–Crippen LogP) is 1.80. The van der Waals surface area contributed by atoms with Crippen molar-refractivity contribution in [2.45, 2.75) is 38.3 Å². The Balaban J connectivity index is 1.41. The highest BCUT2D eigenvalue weighted by atomic mass is 15.3. The Morgan fingerprint density at radius 3 is 2.78 bits per heavy atom. The van der Waals surface area contributed by atoms with Crippen LogP contribution in [0.1, 0.15) is 36.9 Å². The molecule has 122 valence electrons. The molecule has 23 heavy (non-hydrogen) atoms. The topological polar surface area (TPSA) is 50.1 Å². The predicted molar refractivity (Wildman–Crippen MR) is 89.3 cm³/mol. The van der Waals surface area contributed by atoms with Crippen LogP contribution in [0, 0.1) is 0 Å². The third kappa shape index (κ3) is 3.22. The second kappa shape index (κ2) is 5.92. The number of hydrogen-bond acceptors (Lipinski definition) is 5.